The SMILES string of the molecule is CC1(C(C)(CO)N2CCCNCC2)CC1. The molecule has 1 aliphatic heterocycles. The summed E-state index contributed by atoms with van der Waals surface area (Å²) in [5.74, 6) is 0. The summed E-state index contributed by atoms with van der Waals surface area (Å²) in [7, 11) is 0. The van der Waals surface area contributed by atoms with Crippen LogP contribution in [0.4, 0.5) is 0 Å². The molecule has 2 N–H and O–H groups in total. The minimum absolute atomic E-state index is 0.000972. The third kappa shape index (κ3) is 1.93. The van der Waals surface area contributed by atoms with E-state index < -0.39 is 0 Å². The maximum absolute atomic E-state index is 9.74. The Kier molecular flexibility index (Phi) is 3.06. The van der Waals surface area contributed by atoms with Crippen molar-refractivity contribution in [3.63, 3.8) is 0 Å². The second kappa shape index (κ2) is 4.04. The number of aliphatic hydroxyl groups excluding tert-OH is 1. The molecule has 2 fully saturated rings. The predicted molar refractivity (Wildman–Crippen MR) is 61.9 cm³/mol. The van der Waals surface area contributed by atoms with Crippen molar-refractivity contribution < 1.29 is 5.11 Å². The van der Waals surface area contributed by atoms with E-state index in [-0.39, 0.29) is 5.54 Å². The molecule has 1 heterocycles. The molecule has 2 aliphatic rings. The fourth-order valence-corrected chi connectivity index (χ4v) is 2.74. The maximum Gasteiger partial charge on any atom is 0.0618 e. The first kappa shape index (κ1) is 11.4. The second-order valence-corrected chi connectivity index (χ2v) is 5.58. The van der Waals surface area contributed by atoms with Crippen molar-refractivity contribution in [3.8, 4) is 0 Å². The maximum atomic E-state index is 9.74. The van der Waals surface area contributed by atoms with Crippen molar-refractivity contribution in [2.45, 2.75) is 38.6 Å². The summed E-state index contributed by atoms with van der Waals surface area (Å²) in [6, 6.07) is 0. The molecule has 0 aromatic carbocycles. The van der Waals surface area contributed by atoms with Crippen molar-refractivity contribution in [1.29, 1.82) is 0 Å². The highest BCUT2D eigenvalue weighted by Crippen LogP contribution is 2.55. The zero-order chi connectivity index (χ0) is 10.9. The molecule has 0 amide bonds. The molecule has 1 saturated carbocycles. The molecular formula is C12H24N2O. The minimum atomic E-state index is -0.000972. The molecule has 3 heteroatoms. The normalized spacial score (nSPS) is 30.6. The molecule has 3 nitrogen and oxygen atoms in total. The van der Waals surface area contributed by atoms with Gasteiger partial charge in [-0.15, -0.1) is 0 Å². The van der Waals surface area contributed by atoms with Gasteiger partial charge in [0.15, 0.2) is 0 Å². The van der Waals surface area contributed by atoms with Crippen LogP contribution in [0.3, 0.4) is 0 Å². The van der Waals surface area contributed by atoms with Gasteiger partial charge in [-0.25, -0.2) is 0 Å². The Morgan fingerprint density at radius 3 is 2.67 bits per heavy atom. The first-order valence-electron chi connectivity index (χ1n) is 6.19. The summed E-state index contributed by atoms with van der Waals surface area (Å²) in [5.41, 5.74) is 0.352. The van der Waals surface area contributed by atoms with Crippen LogP contribution in [0.15, 0.2) is 0 Å². The zero-order valence-electron chi connectivity index (χ0n) is 10.1. The number of nitrogens with one attached hydrogen (secondary N) is 1. The van der Waals surface area contributed by atoms with Crippen LogP contribution < -0.4 is 5.32 Å². The Morgan fingerprint density at radius 2 is 2.07 bits per heavy atom. The van der Waals surface area contributed by atoms with Crippen LogP contribution in [0.25, 0.3) is 0 Å². The number of nitrogens with zero attached hydrogens (tertiary/aromatic N) is 1. The van der Waals surface area contributed by atoms with Crippen molar-refractivity contribution in [1.82, 2.24) is 10.2 Å². The molecule has 0 aromatic heterocycles. The predicted octanol–water partition coefficient (Wildman–Crippen LogP) is 0.833. The highest BCUT2D eigenvalue weighted by molar-refractivity contribution is 5.09. The van der Waals surface area contributed by atoms with Crippen LogP contribution in [-0.4, -0.2) is 48.3 Å². The second-order valence-electron chi connectivity index (χ2n) is 5.58. The van der Waals surface area contributed by atoms with E-state index in [9.17, 15) is 5.11 Å². The van der Waals surface area contributed by atoms with Gasteiger partial charge in [-0.3, -0.25) is 4.90 Å². The number of rotatable bonds is 3. The van der Waals surface area contributed by atoms with E-state index in [1.165, 1.54) is 19.3 Å². The molecule has 1 atom stereocenters. The zero-order valence-corrected chi connectivity index (χ0v) is 10.1. The van der Waals surface area contributed by atoms with Crippen molar-refractivity contribution in [3.05, 3.63) is 0 Å². The highest BCUT2D eigenvalue weighted by Gasteiger charge is 2.55. The van der Waals surface area contributed by atoms with Gasteiger partial charge in [-0.2, -0.15) is 0 Å². The standard InChI is InChI=1S/C12H24N2O/c1-11(4-5-11)12(2,10-15)14-8-3-6-13-7-9-14/h13,15H,3-10H2,1-2H3. The first-order chi connectivity index (χ1) is 7.12. The lowest BCUT2D eigenvalue weighted by Gasteiger charge is -2.44. The monoisotopic (exact) mass is 212 g/mol. The Labute approximate surface area is 92.8 Å². The summed E-state index contributed by atoms with van der Waals surface area (Å²) in [6.07, 6.45) is 3.74. The first-order valence-corrected chi connectivity index (χ1v) is 6.19. The van der Waals surface area contributed by atoms with Crippen molar-refractivity contribution in [2.75, 3.05) is 32.8 Å². The van der Waals surface area contributed by atoms with E-state index in [4.69, 9.17) is 0 Å². The summed E-state index contributed by atoms with van der Waals surface area (Å²) >= 11 is 0. The topological polar surface area (TPSA) is 35.5 Å². The van der Waals surface area contributed by atoms with Gasteiger partial charge in [0.25, 0.3) is 0 Å². The van der Waals surface area contributed by atoms with Crippen LogP contribution in [0.5, 0.6) is 0 Å². The average molecular weight is 212 g/mol. The molecule has 0 radical (unpaired) electrons. The van der Waals surface area contributed by atoms with E-state index >= 15 is 0 Å². The quantitative estimate of drug-likeness (QED) is 0.727. The van der Waals surface area contributed by atoms with Gasteiger partial charge in [0.05, 0.1) is 6.61 Å². The fourth-order valence-electron chi connectivity index (χ4n) is 2.74. The van der Waals surface area contributed by atoms with Crippen LogP contribution in [0.2, 0.25) is 0 Å². The number of aliphatic hydroxyl groups is 1. The van der Waals surface area contributed by atoms with Gasteiger partial charge in [-0.05, 0) is 38.1 Å². The van der Waals surface area contributed by atoms with E-state index in [1.807, 2.05) is 0 Å². The Morgan fingerprint density at radius 1 is 1.33 bits per heavy atom. The van der Waals surface area contributed by atoms with Gasteiger partial charge in [0.2, 0.25) is 0 Å². The molecule has 15 heavy (non-hydrogen) atoms. The molecule has 88 valence electrons. The number of hydrogen-bond donors (Lipinski definition) is 2. The lowest BCUT2D eigenvalue weighted by Crippen LogP contribution is -2.55. The molecule has 0 aromatic rings. The van der Waals surface area contributed by atoms with Crippen molar-refractivity contribution in [2.24, 2.45) is 5.41 Å². The minimum Gasteiger partial charge on any atom is -0.394 e. The molecule has 0 spiro atoms. The molecule has 1 aliphatic carbocycles. The van der Waals surface area contributed by atoms with E-state index in [1.54, 1.807) is 0 Å². The Balaban J connectivity index is 2.09. The lowest BCUT2D eigenvalue weighted by atomic mass is 9.82. The smallest absolute Gasteiger partial charge is 0.0618 e. The highest BCUT2D eigenvalue weighted by atomic mass is 16.3. The van der Waals surface area contributed by atoms with Crippen molar-refractivity contribution >= 4 is 0 Å². The molecule has 2 rings (SSSR count). The van der Waals surface area contributed by atoms with Gasteiger partial charge in [-0.1, -0.05) is 6.92 Å². The summed E-state index contributed by atoms with van der Waals surface area (Å²) in [4.78, 5) is 2.50. The third-order valence-electron chi connectivity index (χ3n) is 4.65. The van der Waals surface area contributed by atoms with Crippen LogP contribution in [0, 0.1) is 5.41 Å². The van der Waals surface area contributed by atoms with Gasteiger partial charge in [0, 0.05) is 25.2 Å². The largest absolute Gasteiger partial charge is 0.394 e. The van der Waals surface area contributed by atoms with E-state index in [0.29, 0.717) is 12.0 Å². The molecule has 0 bridgehead atoms. The molecular weight excluding hydrogens is 188 g/mol. The summed E-state index contributed by atoms with van der Waals surface area (Å²) < 4.78 is 0. The van der Waals surface area contributed by atoms with Gasteiger partial charge >= 0.3 is 0 Å². The van der Waals surface area contributed by atoms with Crippen LogP contribution in [-0.2, 0) is 0 Å². The van der Waals surface area contributed by atoms with Gasteiger partial charge < -0.3 is 10.4 Å². The molecule has 1 unspecified atom stereocenters. The van der Waals surface area contributed by atoms with Crippen LogP contribution in [0.1, 0.15) is 33.1 Å². The Hall–Kier alpha value is -0.120. The summed E-state index contributed by atoms with van der Waals surface area (Å²) in [6.45, 7) is 9.24. The fraction of sp³-hybridized carbons (Fsp3) is 1.00. The van der Waals surface area contributed by atoms with Gasteiger partial charge in [0.1, 0.15) is 0 Å². The molecule has 1 saturated heterocycles. The summed E-state index contributed by atoms with van der Waals surface area (Å²) in [5, 5.41) is 13.2. The lowest BCUT2D eigenvalue weighted by molar-refractivity contribution is -0.00436. The van der Waals surface area contributed by atoms with E-state index in [2.05, 4.69) is 24.1 Å². The van der Waals surface area contributed by atoms with Crippen LogP contribution >= 0.6 is 0 Å². The third-order valence-corrected chi connectivity index (χ3v) is 4.65. The van der Waals surface area contributed by atoms with E-state index in [0.717, 1.165) is 26.2 Å². The Bertz CT molecular complexity index is 220. The average Bonchev–Trinajstić information content (AvgIpc) is 3.01. The number of hydrogen-bond acceptors (Lipinski definition) is 3.